The summed E-state index contributed by atoms with van der Waals surface area (Å²) in [4.78, 5) is 54.2. The summed E-state index contributed by atoms with van der Waals surface area (Å²) < 4.78 is 18.9. The fraction of sp³-hybridized carbons (Fsp3) is 0.840. The van der Waals surface area contributed by atoms with Gasteiger partial charge in [-0.1, -0.05) is 82.1 Å². The molecule has 0 aromatic rings. The normalized spacial score (nSPS) is 54.8. The molecule has 0 aromatic carbocycles. The van der Waals surface area contributed by atoms with Gasteiger partial charge in [0.15, 0.2) is 0 Å². The van der Waals surface area contributed by atoms with Crippen LogP contribution in [0.2, 0.25) is 0 Å². The van der Waals surface area contributed by atoms with Gasteiger partial charge in [-0.2, -0.15) is 0 Å². The number of carbonyl (C=O) groups excluding carboxylic acids is 3. The molecule has 12 nitrogen and oxygen atoms in total. The molecule has 0 radical (unpaired) electrons. The van der Waals surface area contributed by atoms with E-state index in [1.54, 1.807) is 0 Å². The Morgan fingerprint density at radius 3 is 0.954 bits per heavy atom. The Morgan fingerprint density at radius 1 is 0.437 bits per heavy atom. The molecular formula is C75H105N3O9. The quantitative estimate of drug-likeness (QED) is 0.115. The van der Waals surface area contributed by atoms with E-state index in [1.807, 2.05) is 41.5 Å². The van der Waals surface area contributed by atoms with Gasteiger partial charge in [0.2, 0.25) is 0 Å². The summed E-state index contributed by atoms with van der Waals surface area (Å²) in [5, 5.41) is 37.5. The molecule has 3 heterocycles. The lowest BCUT2D eigenvalue weighted by Crippen LogP contribution is -2.82. The zero-order valence-electron chi connectivity index (χ0n) is 54.5. The number of nitrogens with zero attached hydrogens (tertiary/aromatic N) is 3. The van der Waals surface area contributed by atoms with E-state index in [0.29, 0.717) is 35.5 Å². The first kappa shape index (κ1) is 58.6. The Kier molecular flexibility index (Phi) is 12.3. The van der Waals surface area contributed by atoms with Crippen molar-refractivity contribution in [2.24, 2.45) is 135 Å². The fourth-order valence-electron chi connectivity index (χ4n) is 28.2. The first-order valence-corrected chi connectivity index (χ1v) is 35.7. The van der Waals surface area contributed by atoms with Crippen LogP contribution in [0.5, 0.6) is 0 Å². The molecule has 27 atom stereocenters. The molecule has 21 aliphatic carbocycles. The van der Waals surface area contributed by atoms with Gasteiger partial charge in [0, 0.05) is 103 Å². The minimum Gasteiger partial charge on any atom is -0.457 e. The minimum atomic E-state index is -0.690. The summed E-state index contributed by atoms with van der Waals surface area (Å²) in [5.41, 5.74) is 4.55. The van der Waals surface area contributed by atoms with Gasteiger partial charge in [0.25, 0.3) is 0 Å². The van der Waals surface area contributed by atoms with Gasteiger partial charge in [0.05, 0.1) is 34.6 Å². The van der Waals surface area contributed by atoms with Gasteiger partial charge in [-0.3, -0.25) is 29.4 Å². The SMILES string of the molecule is C=C1[C@H]2C[C@@H]3C4=NC[C@]5(C)CCC[C@]6(O)[C@H](C2)[C@]3(CC[C@@]456)[C@@H]1OC(=O)[C@H](C)CC.C=C1[C@H]2C[C@@H]3C4=NC[C@]5(C)CCC[C@]6(O)[C@H](C2)[C@]3(CC[C@@]456)[C@@H]1OC(=O)[C@H](C)CC.C=C1[C@H]2C[C@@H]3C4=NC[C@]5(C)CCC[C@]6(O)[C@H](C2)[C@]3(CC[C@@]456)[C@@H]1OC(=O)[C@H](C)CC. The van der Waals surface area contributed by atoms with Crippen molar-refractivity contribution in [1.29, 1.82) is 0 Å². The Morgan fingerprint density at radius 2 is 0.701 bits per heavy atom. The minimum absolute atomic E-state index is 0.0907. The van der Waals surface area contributed by atoms with Crippen molar-refractivity contribution in [3.8, 4) is 0 Å². The molecule has 87 heavy (non-hydrogen) atoms. The second-order valence-corrected chi connectivity index (χ2v) is 34.6. The lowest BCUT2D eigenvalue weighted by Gasteiger charge is -2.78. The second-order valence-electron chi connectivity index (χ2n) is 34.6. The van der Waals surface area contributed by atoms with Crippen LogP contribution >= 0.6 is 0 Å². The van der Waals surface area contributed by atoms with Crippen molar-refractivity contribution in [2.75, 3.05) is 19.6 Å². The first-order valence-electron chi connectivity index (χ1n) is 35.7. The van der Waals surface area contributed by atoms with Gasteiger partial charge < -0.3 is 29.5 Å². The Balaban J connectivity index is 0.000000106. The molecular weight excluding hydrogens is 1090 g/mol. The highest BCUT2D eigenvalue weighted by molar-refractivity contribution is 6.01. The van der Waals surface area contributed by atoms with E-state index in [0.717, 1.165) is 171 Å². The summed E-state index contributed by atoms with van der Waals surface area (Å²) in [5.74, 6) is 2.21. The summed E-state index contributed by atoms with van der Waals surface area (Å²) >= 11 is 0. The van der Waals surface area contributed by atoms with Crippen LogP contribution in [-0.4, -0.2) is 105 Å². The number of hydrogen-bond donors (Lipinski definition) is 3. The summed E-state index contributed by atoms with van der Waals surface area (Å²) in [6.07, 6.45) is 23.6. The topological polar surface area (TPSA) is 177 Å². The van der Waals surface area contributed by atoms with Crippen molar-refractivity contribution in [2.45, 2.75) is 252 Å². The molecule has 474 valence electrons. The maximum atomic E-state index is 12.9. The highest BCUT2D eigenvalue weighted by Crippen LogP contribution is 2.85. The number of aliphatic hydroxyl groups is 3. The van der Waals surface area contributed by atoms with Gasteiger partial charge in [-0.05, 0) is 206 Å². The average Bonchev–Trinajstić information content (AvgIpc) is 1.65. The number of fused-ring (bicyclic) bond motifs is 6. The Labute approximate surface area is 518 Å². The Bertz CT molecular complexity index is 2880. The van der Waals surface area contributed by atoms with Crippen LogP contribution in [-0.2, 0) is 28.6 Å². The van der Waals surface area contributed by atoms with Crippen molar-refractivity contribution < 1.29 is 43.9 Å². The predicted octanol–water partition coefficient (Wildman–Crippen LogP) is 12.9. The third-order valence-corrected chi connectivity index (χ3v) is 32.6. The molecule has 24 aliphatic rings. The zero-order valence-corrected chi connectivity index (χ0v) is 54.5. The highest BCUT2D eigenvalue weighted by Gasteiger charge is 2.88. The summed E-state index contributed by atoms with van der Waals surface area (Å²) in [7, 11) is 0. The van der Waals surface area contributed by atoms with Crippen molar-refractivity contribution in [3.63, 3.8) is 0 Å². The van der Waals surface area contributed by atoms with E-state index < -0.39 is 16.8 Å². The van der Waals surface area contributed by atoms with Gasteiger partial charge >= 0.3 is 17.9 Å². The van der Waals surface area contributed by atoms with Crippen LogP contribution in [0.15, 0.2) is 51.4 Å². The monoisotopic (exact) mass is 1190 g/mol. The Hall–Kier alpha value is -3.48. The molecule has 0 aromatic heterocycles. The van der Waals surface area contributed by atoms with E-state index in [-0.39, 0.29) is 120 Å². The number of hydrogen-bond acceptors (Lipinski definition) is 12. The number of rotatable bonds is 9. The van der Waals surface area contributed by atoms with E-state index in [2.05, 4.69) is 40.5 Å². The maximum absolute atomic E-state index is 12.9. The molecule has 3 aliphatic heterocycles. The molecule has 0 unspecified atom stereocenters. The summed E-state index contributed by atoms with van der Waals surface area (Å²) in [6.45, 7) is 35.1. The molecule has 21 saturated carbocycles. The van der Waals surface area contributed by atoms with E-state index in [9.17, 15) is 29.7 Å². The van der Waals surface area contributed by atoms with Crippen LogP contribution in [0, 0.1) is 120 Å². The predicted molar refractivity (Wildman–Crippen MR) is 334 cm³/mol. The van der Waals surface area contributed by atoms with E-state index in [4.69, 9.17) is 29.2 Å². The lowest BCUT2D eigenvalue weighted by molar-refractivity contribution is -0.296. The molecule has 15 bridgehead atoms. The molecule has 0 saturated heterocycles. The standard InChI is InChI=1S/3C25H35NO3/c3*1-5-14(2)21(27)29-20-15(3)16-11-17-19-24-10-9-23(17,20)18(12-16)25(24,28)8-6-7-22(24,4)13-26-19/h3*14,16-18,20,28H,3,5-13H2,1-2,4H3/t3*14-,16+,17-,18-,20-,22+,23-,24-,25+/m111/s1. The van der Waals surface area contributed by atoms with Crippen LogP contribution in [0.4, 0.5) is 0 Å². The fourth-order valence-corrected chi connectivity index (χ4v) is 28.2. The molecule has 0 amide bonds. The average molecular weight is 1190 g/mol. The number of esters is 3. The van der Waals surface area contributed by atoms with E-state index >= 15 is 0 Å². The molecule has 12 heteroatoms. The van der Waals surface area contributed by atoms with Crippen molar-refractivity contribution in [3.05, 3.63) is 36.5 Å². The summed E-state index contributed by atoms with van der Waals surface area (Å²) in [6, 6.07) is 0. The third kappa shape index (κ3) is 6.21. The van der Waals surface area contributed by atoms with Crippen molar-refractivity contribution in [1.82, 2.24) is 0 Å². The zero-order chi connectivity index (χ0) is 61.2. The maximum Gasteiger partial charge on any atom is 0.309 e. The number of ether oxygens (including phenoxy) is 3. The van der Waals surface area contributed by atoms with Crippen LogP contribution < -0.4 is 0 Å². The van der Waals surface area contributed by atoms with Gasteiger partial charge in [-0.15, -0.1) is 0 Å². The van der Waals surface area contributed by atoms with Gasteiger partial charge in [-0.25, -0.2) is 0 Å². The molecule has 21 fully saturated rings. The molecule has 24 rings (SSSR count). The first-order chi connectivity index (χ1) is 41.2. The number of aliphatic imine (C=N–C) groups is 3. The third-order valence-electron chi connectivity index (χ3n) is 32.6. The largest absolute Gasteiger partial charge is 0.457 e. The van der Waals surface area contributed by atoms with Crippen LogP contribution in [0.25, 0.3) is 0 Å². The number of carbonyl (C=O) groups is 3. The van der Waals surface area contributed by atoms with Crippen LogP contribution in [0.1, 0.15) is 216 Å². The van der Waals surface area contributed by atoms with Crippen LogP contribution in [0.3, 0.4) is 0 Å². The highest BCUT2D eigenvalue weighted by atomic mass is 16.6. The van der Waals surface area contributed by atoms with E-state index in [1.165, 1.54) is 36.4 Å². The molecule has 6 spiro atoms. The smallest absolute Gasteiger partial charge is 0.309 e. The van der Waals surface area contributed by atoms with Gasteiger partial charge in [0.1, 0.15) is 18.3 Å². The van der Waals surface area contributed by atoms with Crippen molar-refractivity contribution >= 4 is 35.0 Å². The second kappa shape index (κ2) is 18.2. The molecule has 3 N–H and O–H groups in total. The lowest BCUT2D eigenvalue weighted by atomic mass is 9.26.